The molecule has 1 aromatic carbocycles. The quantitative estimate of drug-likeness (QED) is 0.868. The number of benzene rings is 1. The lowest BCUT2D eigenvalue weighted by molar-refractivity contribution is -0.142. The van der Waals surface area contributed by atoms with Crippen molar-refractivity contribution in [3.8, 4) is 5.69 Å². The molecule has 1 fully saturated rings. The number of rotatable bonds is 4. The highest BCUT2D eigenvalue weighted by molar-refractivity contribution is 6.35. The molecule has 1 saturated carbocycles. The summed E-state index contributed by atoms with van der Waals surface area (Å²) in [5.74, 6) is -1.75. The average molecular weight is 368 g/mol. The number of carboxylic acids is 1. The van der Waals surface area contributed by atoms with Crippen molar-refractivity contribution in [2.45, 2.75) is 25.3 Å². The molecule has 3 rings (SSSR count). The molecule has 2 atom stereocenters. The number of nitrogens with one attached hydrogen (secondary N) is 1. The maximum Gasteiger partial charge on any atom is 0.308 e. The number of hydrogen-bond donors (Lipinski definition) is 2. The van der Waals surface area contributed by atoms with Gasteiger partial charge in [0.2, 0.25) is 0 Å². The second-order valence-corrected chi connectivity index (χ2v) is 6.57. The van der Waals surface area contributed by atoms with Gasteiger partial charge in [-0.15, -0.1) is 0 Å². The van der Waals surface area contributed by atoms with E-state index in [1.807, 2.05) is 0 Å². The molecular formula is C16H15Cl2N3O3. The van der Waals surface area contributed by atoms with Gasteiger partial charge in [0.05, 0.1) is 28.4 Å². The lowest BCUT2D eigenvalue weighted by Crippen LogP contribution is -2.40. The summed E-state index contributed by atoms with van der Waals surface area (Å²) in [5.41, 5.74) is 0.946. The van der Waals surface area contributed by atoms with Crippen LogP contribution < -0.4 is 5.32 Å². The van der Waals surface area contributed by atoms with Crippen LogP contribution in [0.4, 0.5) is 0 Å². The topological polar surface area (TPSA) is 84.2 Å². The van der Waals surface area contributed by atoms with Crippen molar-refractivity contribution in [2.24, 2.45) is 5.92 Å². The van der Waals surface area contributed by atoms with E-state index in [0.717, 1.165) is 6.42 Å². The monoisotopic (exact) mass is 367 g/mol. The fraction of sp³-hybridized carbons (Fsp3) is 0.312. The highest BCUT2D eigenvalue weighted by Gasteiger charge is 2.34. The number of carboxylic acid groups (broad SMARTS) is 1. The first-order valence-electron chi connectivity index (χ1n) is 7.49. The summed E-state index contributed by atoms with van der Waals surface area (Å²) in [7, 11) is 0. The second kappa shape index (κ2) is 6.83. The third-order valence-electron chi connectivity index (χ3n) is 4.15. The van der Waals surface area contributed by atoms with Crippen molar-refractivity contribution < 1.29 is 14.7 Å². The van der Waals surface area contributed by atoms with Gasteiger partial charge in [-0.2, -0.15) is 5.10 Å². The van der Waals surface area contributed by atoms with Crippen LogP contribution in [0.2, 0.25) is 10.0 Å². The minimum Gasteiger partial charge on any atom is -0.481 e. The first-order chi connectivity index (χ1) is 11.5. The summed E-state index contributed by atoms with van der Waals surface area (Å²) in [6.45, 7) is 0. The van der Waals surface area contributed by atoms with E-state index >= 15 is 0 Å². The largest absolute Gasteiger partial charge is 0.481 e. The van der Waals surface area contributed by atoms with Gasteiger partial charge in [-0.1, -0.05) is 29.6 Å². The Bertz CT molecular complexity index is 791. The number of hydrogen-bond acceptors (Lipinski definition) is 3. The van der Waals surface area contributed by atoms with Crippen LogP contribution in [-0.4, -0.2) is 32.8 Å². The molecule has 1 amide bonds. The van der Waals surface area contributed by atoms with Gasteiger partial charge in [0.15, 0.2) is 0 Å². The zero-order valence-electron chi connectivity index (χ0n) is 12.6. The Morgan fingerprint density at radius 1 is 1.29 bits per heavy atom. The molecule has 126 valence electrons. The van der Waals surface area contributed by atoms with Crippen LogP contribution in [-0.2, 0) is 4.79 Å². The molecule has 0 radical (unpaired) electrons. The van der Waals surface area contributed by atoms with Gasteiger partial charge in [-0.05, 0) is 31.0 Å². The first kappa shape index (κ1) is 16.8. The standard InChI is InChI=1S/C16H15Cl2N3O3/c17-10-4-5-14(12(18)6-10)21-8-9(7-19-21)15(22)20-13-3-1-2-11(13)16(23)24/h4-8,11,13H,1-3H2,(H,20,22)(H,23,24)/t11-,13+/m1/s1. The Morgan fingerprint density at radius 2 is 2.08 bits per heavy atom. The Hall–Kier alpha value is -2.05. The summed E-state index contributed by atoms with van der Waals surface area (Å²) in [6, 6.07) is 4.63. The fourth-order valence-electron chi connectivity index (χ4n) is 2.92. The Morgan fingerprint density at radius 3 is 2.79 bits per heavy atom. The van der Waals surface area contributed by atoms with E-state index in [-0.39, 0.29) is 11.9 Å². The minimum absolute atomic E-state index is 0.343. The van der Waals surface area contributed by atoms with Crippen molar-refractivity contribution in [2.75, 3.05) is 0 Å². The van der Waals surface area contributed by atoms with Crippen molar-refractivity contribution in [3.63, 3.8) is 0 Å². The van der Waals surface area contributed by atoms with Crippen LogP contribution in [0, 0.1) is 5.92 Å². The van der Waals surface area contributed by atoms with Crippen molar-refractivity contribution in [3.05, 3.63) is 46.2 Å². The molecule has 0 unspecified atom stereocenters. The third-order valence-corrected chi connectivity index (χ3v) is 4.69. The molecular weight excluding hydrogens is 353 g/mol. The lowest BCUT2D eigenvalue weighted by Gasteiger charge is -2.16. The third kappa shape index (κ3) is 3.39. The van der Waals surface area contributed by atoms with E-state index in [1.54, 1.807) is 24.4 Å². The van der Waals surface area contributed by atoms with Gasteiger partial charge in [-0.3, -0.25) is 9.59 Å². The molecule has 0 aliphatic heterocycles. The molecule has 1 aromatic heterocycles. The van der Waals surface area contributed by atoms with Crippen LogP contribution >= 0.6 is 23.2 Å². The van der Waals surface area contributed by atoms with E-state index in [0.29, 0.717) is 34.1 Å². The van der Waals surface area contributed by atoms with E-state index in [2.05, 4.69) is 10.4 Å². The van der Waals surface area contributed by atoms with Crippen molar-refractivity contribution in [1.29, 1.82) is 0 Å². The Kier molecular flexibility index (Phi) is 4.78. The zero-order chi connectivity index (χ0) is 17.3. The molecule has 2 aromatic rings. The highest BCUT2D eigenvalue weighted by Crippen LogP contribution is 2.27. The summed E-state index contributed by atoms with van der Waals surface area (Å²) in [5, 5.41) is 17.0. The van der Waals surface area contributed by atoms with E-state index in [1.165, 1.54) is 10.9 Å². The van der Waals surface area contributed by atoms with E-state index in [9.17, 15) is 14.7 Å². The molecule has 6 nitrogen and oxygen atoms in total. The molecule has 1 heterocycles. The summed E-state index contributed by atoms with van der Waals surface area (Å²) in [4.78, 5) is 23.5. The van der Waals surface area contributed by atoms with Crippen molar-refractivity contribution >= 4 is 35.1 Å². The van der Waals surface area contributed by atoms with Gasteiger partial charge >= 0.3 is 5.97 Å². The molecule has 1 aliphatic rings. The van der Waals surface area contributed by atoms with Gasteiger partial charge in [0, 0.05) is 17.3 Å². The smallest absolute Gasteiger partial charge is 0.308 e. The minimum atomic E-state index is -0.874. The number of nitrogens with zero attached hydrogens (tertiary/aromatic N) is 2. The number of carbonyl (C=O) groups is 2. The lowest BCUT2D eigenvalue weighted by atomic mass is 10.0. The summed E-state index contributed by atoms with van der Waals surface area (Å²) < 4.78 is 1.48. The molecule has 0 bridgehead atoms. The first-order valence-corrected chi connectivity index (χ1v) is 8.25. The molecule has 1 aliphatic carbocycles. The van der Waals surface area contributed by atoms with Gasteiger partial charge in [-0.25, -0.2) is 4.68 Å². The number of aliphatic carboxylic acids is 1. The van der Waals surface area contributed by atoms with Gasteiger partial charge in [0.1, 0.15) is 0 Å². The number of aromatic nitrogens is 2. The molecule has 24 heavy (non-hydrogen) atoms. The van der Waals surface area contributed by atoms with Crippen LogP contribution in [0.25, 0.3) is 5.69 Å². The fourth-order valence-corrected chi connectivity index (χ4v) is 3.41. The molecule has 0 spiro atoms. The summed E-state index contributed by atoms with van der Waals surface area (Å²) in [6.07, 6.45) is 5.02. The van der Waals surface area contributed by atoms with Crippen LogP contribution in [0.5, 0.6) is 0 Å². The molecule has 2 N–H and O–H groups in total. The predicted octanol–water partition coefficient (Wildman–Crippen LogP) is 3.16. The average Bonchev–Trinajstić information content (AvgIpc) is 3.16. The highest BCUT2D eigenvalue weighted by atomic mass is 35.5. The molecule has 0 saturated heterocycles. The van der Waals surface area contributed by atoms with Gasteiger partial charge in [0.25, 0.3) is 5.91 Å². The maximum absolute atomic E-state index is 12.3. The normalized spacial score (nSPS) is 20.1. The van der Waals surface area contributed by atoms with E-state index < -0.39 is 11.9 Å². The zero-order valence-corrected chi connectivity index (χ0v) is 14.1. The van der Waals surface area contributed by atoms with Gasteiger partial charge < -0.3 is 10.4 Å². The second-order valence-electron chi connectivity index (χ2n) is 5.72. The SMILES string of the molecule is O=C(N[C@H]1CCC[C@H]1C(=O)O)c1cnn(-c2ccc(Cl)cc2Cl)c1. The summed E-state index contributed by atoms with van der Waals surface area (Å²) >= 11 is 12.0. The van der Waals surface area contributed by atoms with Crippen LogP contribution in [0.15, 0.2) is 30.6 Å². The Balaban J connectivity index is 1.75. The van der Waals surface area contributed by atoms with Crippen LogP contribution in [0.1, 0.15) is 29.6 Å². The van der Waals surface area contributed by atoms with E-state index in [4.69, 9.17) is 23.2 Å². The number of amides is 1. The van der Waals surface area contributed by atoms with Crippen LogP contribution in [0.3, 0.4) is 0 Å². The maximum atomic E-state index is 12.3. The Labute approximate surface area is 148 Å². The molecule has 8 heteroatoms. The predicted molar refractivity (Wildman–Crippen MR) is 89.8 cm³/mol. The van der Waals surface area contributed by atoms with Crippen molar-refractivity contribution in [1.82, 2.24) is 15.1 Å². The number of carbonyl (C=O) groups excluding carboxylic acids is 1. The number of halogens is 2.